The quantitative estimate of drug-likeness (QED) is 0.820. The number of nitrogens with two attached hydrogens (primary N) is 1. The van der Waals surface area contributed by atoms with Crippen LogP contribution in [0.2, 0.25) is 0 Å². The van der Waals surface area contributed by atoms with E-state index in [4.69, 9.17) is 10.5 Å². The summed E-state index contributed by atoms with van der Waals surface area (Å²) in [6, 6.07) is 4.16. The number of carbonyl (C=O) groups excluding carboxylic acids is 1. The van der Waals surface area contributed by atoms with Gasteiger partial charge in [0, 0.05) is 17.8 Å². The van der Waals surface area contributed by atoms with E-state index in [0.29, 0.717) is 11.3 Å². The lowest BCUT2D eigenvalue weighted by atomic mass is 10.2. The molecule has 1 aromatic heterocycles. The highest BCUT2D eigenvalue weighted by Crippen LogP contribution is 2.15. The third-order valence-electron chi connectivity index (χ3n) is 2.85. The van der Waals surface area contributed by atoms with Crippen molar-refractivity contribution in [2.45, 2.75) is 13.5 Å². The number of carbonyl (C=O) groups is 1. The molecule has 0 fully saturated rings. The van der Waals surface area contributed by atoms with Crippen molar-refractivity contribution in [1.82, 2.24) is 9.97 Å². The third kappa shape index (κ3) is 4.49. The second-order valence-electron chi connectivity index (χ2n) is 4.42. The topological polar surface area (TPSA) is 90.1 Å². The van der Waals surface area contributed by atoms with Gasteiger partial charge in [0.2, 0.25) is 5.88 Å². The molecule has 7 heteroatoms. The molecule has 1 heterocycles. The number of ether oxygens (including phenoxy) is 1. The second kappa shape index (κ2) is 7.87. The summed E-state index contributed by atoms with van der Waals surface area (Å²) in [5.41, 5.74) is 6.28. The molecule has 0 aliphatic rings. The summed E-state index contributed by atoms with van der Waals surface area (Å²) in [6.07, 6.45) is 2.62. The second-order valence-corrected chi connectivity index (χ2v) is 4.42. The molecule has 0 saturated carbocycles. The molecule has 1 aromatic carbocycles. The molecule has 0 aliphatic heterocycles. The van der Waals surface area contributed by atoms with Gasteiger partial charge in [-0.25, -0.2) is 14.4 Å². The maximum Gasteiger partial charge on any atom is 0.275 e. The molecule has 0 unspecified atom stereocenters. The minimum Gasteiger partial charge on any atom is -0.463 e. The predicted molar refractivity (Wildman–Crippen MR) is 83.2 cm³/mol. The van der Waals surface area contributed by atoms with E-state index in [1.54, 1.807) is 6.92 Å². The third-order valence-corrected chi connectivity index (χ3v) is 2.85. The molecule has 3 N–H and O–H groups in total. The number of anilines is 1. The predicted octanol–water partition coefficient (Wildman–Crippen LogP) is 1.73. The molecule has 23 heavy (non-hydrogen) atoms. The summed E-state index contributed by atoms with van der Waals surface area (Å²) in [6.45, 7) is 1.95. The molecule has 0 radical (unpaired) electrons. The van der Waals surface area contributed by atoms with E-state index in [0.717, 1.165) is 0 Å². The Morgan fingerprint density at radius 2 is 2.22 bits per heavy atom. The molecule has 118 valence electrons. The molecule has 0 saturated heterocycles. The van der Waals surface area contributed by atoms with Gasteiger partial charge in [0.05, 0.1) is 12.4 Å². The van der Waals surface area contributed by atoms with Crippen LogP contribution in [0.4, 0.5) is 10.1 Å². The largest absolute Gasteiger partial charge is 0.463 e. The first-order chi connectivity index (χ1) is 11.1. The van der Waals surface area contributed by atoms with E-state index in [1.807, 2.05) is 0 Å². The normalized spacial score (nSPS) is 9.70. The summed E-state index contributed by atoms with van der Waals surface area (Å²) in [5, 5.41) is 2.61. The van der Waals surface area contributed by atoms with Gasteiger partial charge >= 0.3 is 0 Å². The zero-order chi connectivity index (χ0) is 16.7. The van der Waals surface area contributed by atoms with Gasteiger partial charge in [-0.2, -0.15) is 0 Å². The van der Waals surface area contributed by atoms with E-state index < -0.39 is 11.7 Å². The molecule has 2 aromatic rings. The standard InChI is InChI=1S/C16H15FN4O2/c1-2-3-6-23-15-10-19-14(9-20-15)16(22)21-12-4-5-13(17)11(7-12)8-18/h4-5,7,9-10H,6,8,18H2,1H3,(H,21,22). The molecule has 0 atom stereocenters. The Morgan fingerprint density at radius 3 is 2.87 bits per heavy atom. The number of nitrogens with zero attached hydrogens (tertiary/aromatic N) is 2. The van der Waals surface area contributed by atoms with E-state index in [2.05, 4.69) is 27.1 Å². The van der Waals surface area contributed by atoms with Crippen molar-refractivity contribution in [3.63, 3.8) is 0 Å². The highest BCUT2D eigenvalue weighted by molar-refractivity contribution is 6.02. The van der Waals surface area contributed by atoms with Gasteiger partial charge in [0.25, 0.3) is 5.91 Å². The van der Waals surface area contributed by atoms with Crippen LogP contribution in [0.3, 0.4) is 0 Å². The van der Waals surface area contributed by atoms with Crippen LogP contribution in [-0.4, -0.2) is 22.5 Å². The maximum absolute atomic E-state index is 13.4. The Balaban J connectivity index is 2.04. The van der Waals surface area contributed by atoms with E-state index in [9.17, 15) is 9.18 Å². The Hall–Kier alpha value is -2.98. The summed E-state index contributed by atoms with van der Waals surface area (Å²) in [7, 11) is 0. The van der Waals surface area contributed by atoms with Crippen LogP contribution < -0.4 is 15.8 Å². The lowest BCUT2D eigenvalue weighted by Gasteiger charge is -2.07. The average Bonchev–Trinajstić information content (AvgIpc) is 2.57. The zero-order valence-corrected chi connectivity index (χ0v) is 12.5. The fourth-order valence-corrected chi connectivity index (χ4v) is 1.69. The zero-order valence-electron chi connectivity index (χ0n) is 12.5. The van der Waals surface area contributed by atoms with Crippen LogP contribution in [0.25, 0.3) is 0 Å². The van der Waals surface area contributed by atoms with Crippen molar-refractivity contribution >= 4 is 11.6 Å². The number of aromatic nitrogens is 2. The van der Waals surface area contributed by atoms with Crippen LogP contribution >= 0.6 is 0 Å². The first kappa shape index (κ1) is 16.4. The Bertz CT molecular complexity index is 751. The molecule has 0 spiro atoms. The van der Waals surface area contributed by atoms with Crippen LogP contribution in [0.1, 0.15) is 23.0 Å². The van der Waals surface area contributed by atoms with Crippen molar-refractivity contribution in [3.05, 3.63) is 47.7 Å². The van der Waals surface area contributed by atoms with Gasteiger partial charge in [-0.15, -0.1) is 5.92 Å². The fraction of sp³-hybridized carbons (Fsp3) is 0.188. The van der Waals surface area contributed by atoms with E-state index in [-0.39, 0.29) is 24.7 Å². The summed E-state index contributed by atoms with van der Waals surface area (Å²) >= 11 is 0. The number of rotatable bonds is 5. The molecule has 0 aliphatic carbocycles. The highest BCUT2D eigenvalue weighted by atomic mass is 19.1. The lowest BCUT2D eigenvalue weighted by molar-refractivity contribution is 0.102. The highest BCUT2D eigenvalue weighted by Gasteiger charge is 2.10. The smallest absolute Gasteiger partial charge is 0.275 e. The molecular formula is C16H15FN4O2. The van der Waals surface area contributed by atoms with Gasteiger partial charge in [0.1, 0.15) is 11.5 Å². The van der Waals surface area contributed by atoms with Crippen LogP contribution in [0, 0.1) is 17.7 Å². The van der Waals surface area contributed by atoms with Gasteiger partial charge < -0.3 is 15.8 Å². The summed E-state index contributed by atoms with van der Waals surface area (Å²) in [4.78, 5) is 20.0. The number of benzene rings is 1. The monoisotopic (exact) mass is 314 g/mol. The number of nitrogens with one attached hydrogen (secondary N) is 1. The number of hydrogen-bond acceptors (Lipinski definition) is 5. The average molecular weight is 314 g/mol. The fourth-order valence-electron chi connectivity index (χ4n) is 1.69. The van der Waals surface area contributed by atoms with Crippen molar-refractivity contribution in [1.29, 1.82) is 0 Å². The van der Waals surface area contributed by atoms with Gasteiger partial charge in [-0.05, 0) is 25.1 Å². The number of hydrogen-bond donors (Lipinski definition) is 2. The number of halogens is 1. The van der Waals surface area contributed by atoms with Crippen molar-refractivity contribution in [2.75, 3.05) is 11.9 Å². The lowest BCUT2D eigenvalue weighted by Crippen LogP contribution is -2.15. The number of amides is 1. The van der Waals surface area contributed by atoms with Crippen LogP contribution in [0.15, 0.2) is 30.6 Å². The van der Waals surface area contributed by atoms with Gasteiger partial charge in [-0.1, -0.05) is 5.92 Å². The minimum atomic E-state index is -0.466. The molecule has 0 bridgehead atoms. The van der Waals surface area contributed by atoms with Gasteiger partial charge in [0.15, 0.2) is 6.61 Å². The first-order valence-corrected chi connectivity index (χ1v) is 6.78. The van der Waals surface area contributed by atoms with Gasteiger partial charge in [-0.3, -0.25) is 4.79 Å². The van der Waals surface area contributed by atoms with E-state index in [1.165, 1.54) is 30.6 Å². The minimum absolute atomic E-state index is 0.0437. The molecule has 1 amide bonds. The summed E-state index contributed by atoms with van der Waals surface area (Å²) < 4.78 is 18.6. The van der Waals surface area contributed by atoms with Crippen LogP contribution in [-0.2, 0) is 6.54 Å². The van der Waals surface area contributed by atoms with Crippen molar-refractivity contribution in [3.8, 4) is 17.7 Å². The van der Waals surface area contributed by atoms with Crippen LogP contribution in [0.5, 0.6) is 5.88 Å². The summed E-state index contributed by atoms with van der Waals surface area (Å²) in [5.74, 6) is 4.80. The molecule has 2 rings (SSSR count). The molecular weight excluding hydrogens is 299 g/mol. The van der Waals surface area contributed by atoms with Crippen molar-refractivity contribution < 1.29 is 13.9 Å². The SMILES string of the molecule is CC#CCOc1cnc(C(=O)Nc2ccc(F)c(CN)c2)cn1. The van der Waals surface area contributed by atoms with Crippen molar-refractivity contribution in [2.24, 2.45) is 5.73 Å². The van der Waals surface area contributed by atoms with E-state index >= 15 is 0 Å². The Morgan fingerprint density at radius 1 is 1.39 bits per heavy atom. The first-order valence-electron chi connectivity index (χ1n) is 6.78. The molecule has 6 nitrogen and oxygen atoms in total. The Kier molecular flexibility index (Phi) is 5.61. The maximum atomic E-state index is 13.4. The Labute approximate surface area is 132 Å².